The molecule has 0 N–H and O–H groups in total. The first kappa shape index (κ1) is 13.7. The molecule has 90 valence electrons. The number of carbonyl (C=O) groups is 1. The molecule has 0 saturated heterocycles. The van der Waals surface area contributed by atoms with Crippen molar-refractivity contribution >= 4 is 28.9 Å². The van der Waals surface area contributed by atoms with Gasteiger partial charge in [-0.15, -0.1) is 11.3 Å². The zero-order valence-corrected chi connectivity index (χ0v) is 12.0. The Morgan fingerprint density at radius 1 is 1.56 bits per heavy atom. The maximum atomic E-state index is 11.9. The van der Waals surface area contributed by atoms with Gasteiger partial charge in [0.15, 0.2) is 5.78 Å². The number of Topliss-reactive ketones (excluding diaryl/α,β-unsaturated/α-hetero) is 1. The van der Waals surface area contributed by atoms with E-state index in [0.717, 1.165) is 10.6 Å². The van der Waals surface area contributed by atoms with Crippen LogP contribution in [0.1, 0.15) is 21.5 Å². The van der Waals surface area contributed by atoms with E-state index in [9.17, 15) is 4.79 Å². The fraction of sp³-hybridized carbons (Fsp3) is 0.583. The summed E-state index contributed by atoms with van der Waals surface area (Å²) in [4.78, 5) is 16.1. The molecule has 0 aliphatic rings. The number of rotatable bonds is 6. The fourth-order valence-electron chi connectivity index (χ4n) is 1.41. The Balaban J connectivity index is 2.51. The van der Waals surface area contributed by atoms with Gasteiger partial charge < -0.3 is 0 Å². The minimum atomic E-state index is 0.230. The van der Waals surface area contributed by atoms with Crippen molar-refractivity contribution in [3.05, 3.63) is 21.9 Å². The molecule has 4 heteroatoms. The Bertz CT molecular complexity index is 349. The molecule has 0 aromatic carbocycles. The Labute approximate surface area is 106 Å². The van der Waals surface area contributed by atoms with Gasteiger partial charge in [0.2, 0.25) is 0 Å². The Kier molecular flexibility index (Phi) is 5.52. The second-order valence-electron chi connectivity index (χ2n) is 4.05. The smallest absolute Gasteiger partial charge is 0.186 e. The number of thioether (sulfide) groups is 1. The van der Waals surface area contributed by atoms with E-state index in [-0.39, 0.29) is 5.78 Å². The van der Waals surface area contributed by atoms with Gasteiger partial charge in [-0.1, -0.05) is 0 Å². The van der Waals surface area contributed by atoms with Crippen LogP contribution in [0.15, 0.2) is 12.1 Å². The average Bonchev–Trinajstić information content (AvgIpc) is 2.65. The van der Waals surface area contributed by atoms with Crippen molar-refractivity contribution in [3.8, 4) is 0 Å². The molecule has 1 aromatic heterocycles. The molecule has 1 atom stereocenters. The number of hydrogen-bond acceptors (Lipinski definition) is 4. The zero-order valence-electron chi connectivity index (χ0n) is 10.3. The number of thiophene rings is 1. The van der Waals surface area contributed by atoms with E-state index >= 15 is 0 Å². The molecule has 0 fully saturated rings. The van der Waals surface area contributed by atoms with Crippen LogP contribution in [0.3, 0.4) is 0 Å². The molecule has 0 saturated carbocycles. The predicted octanol–water partition coefficient (Wildman–Crippen LogP) is 2.92. The summed E-state index contributed by atoms with van der Waals surface area (Å²) in [7, 11) is 2.01. The molecule has 1 aromatic rings. The van der Waals surface area contributed by atoms with Crippen molar-refractivity contribution in [2.75, 3.05) is 25.6 Å². The van der Waals surface area contributed by atoms with Crippen molar-refractivity contribution in [2.45, 2.75) is 19.9 Å². The SMILES string of the molecule is CSCC(C)N(C)CC(=O)c1ccc(C)s1. The second kappa shape index (κ2) is 6.42. The van der Waals surface area contributed by atoms with Gasteiger partial charge in [-0.3, -0.25) is 9.69 Å². The molecule has 0 bridgehead atoms. The lowest BCUT2D eigenvalue weighted by molar-refractivity contribution is 0.0935. The minimum absolute atomic E-state index is 0.230. The highest BCUT2D eigenvalue weighted by atomic mass is 32.2. The molecule has 0 spiro atoms. The second-order valence-corrected chi connectivity index (χ2v) is 6.25. The standard InChI is InChI=1S/C12H19NOS2/c1-9(8-15-4)13(3)7-11(14)12-6-5-10(2)16-12/h5-6,9H,7-8H2,1-4H3. The minimum Gasteiger partial charge on any atom is -0.295 e. The van der Waals surface area contributed by atoms with Crippen LogP contribution in [0.25, 0.3) is 0 Å². The van der Waals surface area contributed by atoms with Crippen LogP contribution < -0.4 is 0 Å². The number of ketones is 1. The molecule has 2 nitrogen and oxygen atoms in total. The third-order valence-corrected chi connectivity index (χ3v) is 4.43. The van der Waals surface area contributed by atoms with E-state index in [0.29, 0.717) is 12.6 Å². The summed E-state index contributed by atoms with van der Waals surface area (Å²) < 4.78 is 0. The van der Waals surface area contributed by atoms with Crippen LogP contribution in [0, 0.1) is 6.92 Å². The zero-order chi connectivity index (χ0) is 12.1. The summed E-state index contributed by atoms with van der Waals surface area (Å²) in [6.45, 7) is 4.70. The van der Waals surface area contributed by atoms with E-state index in [1.54, 1.807) is 11.3 Å². The van der Waals surface area contributed by atoms with Crippen LogP contribution in [0.5, 0.6) is 0 Å². The highest BCUT2D eigenvalue weighted by Gasteiger charge is 2.15. The van der Waals surface area contributed by atoms with Crippen LogP contribution in [-0.2, 0) is 0 Å². The lowest BCUT2D eigenvalue weighted by atomic mass is 10.2. The first-order valence-electron chi connectivity index (χ1n) is 5.33. The fourth-order valence-corrected chi connectivity index (χ4v) is 2.95. The van der Waals surface area contributed by atoms with Crippen molar-refractivity contribution in [1.82, 2.24) is 4.90 Å². The highest BCUT2D eigenvalue weighted by Crippen LogP contribution is 2.16. The molecule has 1 unspecified atom stereocenters. The van der Waals surface area contributed by atoms with E-state index < -0.39 is 0 Å². The lowest BCUT2D eigenvalue weighted by Gasteiger charge is -2.22. The van der Waals surface area contributed by atoms with Gasteiger partial charge in [0, 0.05) is 16.7 Å². The van der Waals surface area contributed by atoms with E-state index in [2.05, 4.69) is 18.1 Å². The topological polar surface area (TPSA) is 20.3 Å². The normalized spacial score (nSPS) is 13.1. The third kappa shape index (κ3) is 3.92. The van der Waals surface area contributed by atoms with Gasteiger partial charge in [-0.2, -0.15) is 11.8 Å². The number of nitrogens with zero attached hydrogens (tertiary/aromatic N) is 1. The molecule has 16 heavy (non-hydrogen) atoms. The van der Waals surface area contributed by atoms with Crippen LogP contribution in [-0.4, -0.2) is 42.3 Å². The van der Waals surface area contributed by atoms with Crippen molar-refractivity contribution in [2.24, 2.45) is 0 Å². The summed E-state index contributed by atoms with van der Waals surface area (Å²) in [6.07, 6.45) is 2.09. The molecule has 1 rings (SSSR count). The van der Waals surface area contributed by atoms with E-state index in [1.807, 2.05) is 37.9 Å². The predicted molar refractivity (Wildman–Crippen MR) is 73.9 cm³/mol. The van der Waals surface area contributed by atoms with Gasteiger partial charge in [0.25, 0.3) is 0 Å². The molecule has 1 heterocycles. The number of likely N-dealkylation sites (N-methyl/N-ethyl adjacent to an activating group) is 1. The maximum Gasteiger partial charge on any atom is 0.186 e. The summed E-state index contributed by atoms with van der Waals surface area (Å²) in [5.41, 5.74) is 0. The van der Waals surface area contributed by atoms with Crippen molar-refractivity contribution in [3.63, 3.8) is 0 Å². The van der Waals surface area contributed by atoms with Gasteiger partial charge in [0.05, 0.1) is 11.4 Å². The summed E-state index contributed by atoms with van der Waals surface area (Å²) in [5.74, 6) is 1.29. The summed E-state index contributed by atoms with van der Waals surface area (Å²) in [6, 6.07) is 4.37. The Morgan fingerprint density at radius 2 is 2.25 bits per heavy atom. The number of aryl methyl sites for hydroxylation is 1. The van der Waals surface area contributed by atoms with Crippen LogP contribution >= 0.6 is 23.1 Å². The van der Waals surface area contributed by atoms with Gasteiger partial charge in [0.1, 0.15) is 0 Å². The number of carbonyl (C=O) groups excluding carboxylic acids is 1. The van der Waals surface area contributed by atoms with Crippen molar-refractivity contribution < 1.29 is 4.79 Å². The Morgan fingerprint density at radius 3 is 2.75 bits per heavy atom. The Hall–Kier alpha value is -0.320. The molecular weight excluding hydrogens is 238 g/mol. The molecule has 0 radical (unpaired) electrons. The molecule has 0 aliphatic heterocycles. The van der Waals surface area contributed by atoms with Crippen molar-refractivity contribution in [1.29, 1.82) is 0 Å². The largest absolute Gasteiger partial charge is 0.295 e. The van der Waals surface area contributed by atoms with Gasteiger partial charge in [-0.25, -0.2) is 0 Å². The molecule has 0 aliphatic carbocycles. The number of hydrogen-bond donors (Lipinski definition) is 0. The van der Waals surface area contributed by atoms with E-state index in [1.165, 1.54) is 4.88 Å². The van der Waals surface area contributed by atoms with E-state index in [4.69, 9.17) is 0 Å². The third-order valence-electron chi connectivity index (χ3n) is 2.57. The summed E-state index contributed by atoms with van der Waals surface area (Å²) in [5, 5.41) is 0. The molecule has 0 amide bonds. The lowest BCUT2D eigenvalue weighted by Crippen LogP contribution is -2.35. The first-order chi connectivity index (χ1) is 7.54. The maximum absolute atomic E-state index is 11.9. The monoisotopic (exact) mass is 257 g/mol. The van der Waals surface area contributed by atoms with Gasteiger partial charge in [-0.05, 0) is 39.3 Å². The summed E-state index contributed by atoms with van der Waals surface area (Å²) >= 11 is 3.40. The van der Waals surface area contributed by atoms with Gasteiger partial charge >= 0.3 is 0 Å². The first-order valence-corrected chi connectivity index (χ1v) is 7.54. The molecular formula is C12H19NOS2. The highest BCUT2D eigenvalue weighted by molar-refractivity contribution is 7.98. The van der Waals surface area contributed by atoms with Crippen LogP contribution in [0.4, 0.5) is 0 Å². The van der Waals surface area contributed by atoms with Crippen LogP contribution in [0.2, 0.25) is 0 Å². The quantitative estimate of drug-likeness (QED) is 0.731. The average molecular weight is 257 g/mol.